The number of benzene rings is 1. The lowest BCUT2D eigenvalue weighted by molar-refractivity contribution is -0.0312. The van der Waals surface area contributed by atoms with E-state index in [2.05, 4.69) is 20.0 Å². The van der Waals surface area contributed by atoms with Crippen molar-refractivity contribution < 1.29 is 36.2 Å². The Bertz CT molecular complexity index is 1570. The number of piperidine rings is 1. The van der Waals surface area contributed by atoms with Crippen molar-refractivity contribution in [3.05, 3.63) is 48.8 Å². The number of hydrogen-bond donors (Lipinski definition) is 4. The van der Waals surface area contributed by atoms with Crippen molar-refractivity contribution in [3.63, 3.8) is 0 Å². The molecule has 2 aliphatic heterocycles. The number of ether oxygens (including phenoxy) is 3. The van der Waals surface area contributed by atoms with Gasteiger partial charge in [-0.1, -0.05) is 6.07 Å². The van der Waals surface area contributed by atoms with Crippen molar-refractivity contribution >= 4 is 31.1 Å². The fourth-order valence-corrected chi connectivity index (χ4v) is 7.77. The Kier molecular flexibility index (Phi) is 9.49. The third-order valence-corrected chi connectivity index (χ3v) is 11.0. The predicted octanol–water partition coefficient (Wildman–Crippen LogP) is 0.829. The largest absolute Gasteiger partial charge is 0.491 e. The van der Waals surface area contributed by atoms with E-state index in [1.54, 1.807) is 30.5 Å². The number of aromatic amines is 1. The molecule has 1 spiro atoms. The number of H-pyrrole nitrogens is 1. The van der Waals surface area contributed by atoms with E-state index >= 15 is 0 Å². The monoisotopic (exact) mass is 623 g/mol. The van der Waals surface area contributed by atoms with Crippen LogP contribution >= 0.6 is 0 Å². The summed E-state index contributed by atoms with van der Waals surface area (Å²) in [6.45, 7) is 1.81. The predicted molar refractivity (Wildman–Crippen MR) is 154 cm³/mol. The minimum absolute atomic E-state index is 0.00828. The van der Waals surface area contributed by atoms with E-state index in [1.165, 1.54) is 29.7 Å². The number of rotatable bonds is 13. The molecule has 2 saturated heterocycles. The smallest absolute Gasteiger partial charge is 0.244 e. The van der Waals surface area contributed by atoms with E-state index in [4.69, 9.17) is 14.2 Å². The summed E-state index contributed by atoms with van der Waals surface area (Å²) in [5.74, 6) is 0.331. The van der Waals surface area contributed by atoms with Crippen molar-refractivity contribution in [1.29, 1.82) is 0 Å². The molecular formula is C27H37N5O8S2. The van der Waals surface area contributed by atoms with Crippen LogP contribution in [0.15, 0.2) is 58.6 Å². The second-order valence-electron chi connectivity index (χ2n) is 10.6. The van der Waals surface area contributed by atoms with E-state index in [-0.39, 0.29) is 42.1 Å². The maximum atomic E-state index is 13.2. The molecule has 0 saturated carbocycles. The lowest BCUT2D eigenvalue weighted by atomic mass is 9.88. The Morgan fingerprint density at radius 3 is 2.79 bits per heavy atom. The highest BCUT2D eigenvalue weighted by Gasteiger charge is 2.44. The zero-order valence-corrected chi connectivity index (χ0v) is 25.0. The van der Waals surface area contributed by atoms with Gasteiger partial charge in [0.25, 0.3) is 0 Å². The van der Waals surface area contributed by atoms with Crippen LogP contribution in [0.4, 0.5) is 0 Å². The minimum Gasteiger partial charge on any atom is -0.491 e. The fourth-order valence-electron chi connectivity index (χ4n) is 5.31. The van der Waals surface area contributed by atoms with Crippen molar-refractivity contribution in [1.82, 2.24) is 24.3 Å². The number of methoxy groups -OCH3 is 1. The van der Waals surface area contributed by atoms with Crippen LogP contribution < -0.4 is 14.8 Å². The molecule has 13 nitrogen and oxygen atoms in total. The second kappa shape index (κ2) is 12.9. The molecule has 2 fully saturated rings. The van der Waals surface area contributed by atoms with Crippen molar-refractivity contribution in [2.75, 3.05) is 53.1 Å². The number of fused-ring (bicyclic) bond motifs is 1. The number of aromatic nitrogens is 2. The maximum absolute atomic E-state index is 13.2. The molecule has 2 atom stereocenters. The Hall–Kier alpha value is -2.63. The molecule has 15 heteroatoms. The standard InChI is InChI=1S/C27H37N5O8S2/c1-38-12-9-31-41(34,35)23-4-2-3-22(13-23)39-19-21(33)16-29-20-15-27(40-18-20)6-10-32(11-7-27)42(36,37)24-14-26-25(30-17-24)5-8-28-26/h2-5,8,13-14,17,20-21,28-29,31,33H,6-7,9-12,15-16,18-19H2,1H3/t20?,21-/m0/s1. The average molecular weight is 624 g/mol. The first-order chi connectivity index (χ1) is 20.1. The first-order valence-corrected chi connectivity index (χ1v) is 16.7. The third kappa shape index (κ3) is 7.11. The highest BCUT2D eigenvalue weighted by molar-refractivity contribution is 7.89. The van der Waals surface area contributed by atoms with Gasteiger partial charge in [-0.25, -0.2) is 21.6 Å². The number of hydrogen-bond acceptors (Lipinski definition) is 10. The zero-order valence-electron chi connectivity index (χ0n) is 23.4. The van der Waals surface area contributed by atoms with Gasteiger partial charge in [0.15, 0.2) is 0 Å². The van der Waals surface area contributed by atoms with Gasteiger partial charge in [-0.2, -0.15) is 4.31 Å². The number of sulfonamides is 2. The molecule has 3 aromatic rings. The number of aliphatic hydroxyl groups is 1. The Labute approximate surface area is 245 Å². The molecule has 0 amide bonds. The molecule has 2 aromatic heterocycles. The molecular weight excluding hydrogens is 586 g/mol. The van der Waals surface area contributed by atoms with E-state index in [1.807, 2.05) is 0 Å². The van der Waals surface area contributed by atoms with Crippen LogP contribution in [-0.2, 0) is 29.5 Å². The number of aliphatic hydroxyl groups excluding tert-OH is 1. The van der Waals surface area contributed by atoms with Gasteiger partial charge >= 0.3 is 0 Å². The summed E-state index contributed by atoms with van der Waals surface area (Å²) in [5, 5.41) is 13.8. The van der Waals surface area contributed by atoms with E-state index in [0.29, 0.717) is 55.7 Å². The van der Waals surface area contributed by atoms with Crippen LogP contribution in [0.3, 0.4) is 0 Å². The third-order valence-electron chi connectivity index (χ3n) is 7.65. The fraction of sp³-hybridized carbons (Fsp3) is 0.519. The van der Waals surface area contributed by atoms with E-state index < -0.39 is 31.8 Å². The molecule has 4 N–H and O–H groups in total. The summed E-state index contributed by atoms with van der Waals surface area (Å²) in [5.41, 5.74) is 0.987. The highest BCUT2D eigenvalue weighted by Crippen LogP contribution is 2.37. The first-order valence-electron chi connectivity index (χ1n) is 13.8. The molecule has 1 aromatic carbocycles. The molecule has 1 unspecified atom stereocenters. The van der Waals surface area contributed by atoms with Gasteiger partial charge in [0.1, 0.15) is 23.4 Å². The maximum Gasteiger partial charge on any atom is 0.244 e. The van der Waals surface area contributed by atoms with E-state index in [0.717, 1.165) is 0 Å². The van der Waals surface area contributed by atoms with Gasteiger partial charge in [0.05, 0.1) is 34.7 Å². The molecule has 2 aliphatic rings. The van der Waals surface area contributed by atoms with Crippen LogP contribution in [0.5, 0.6) is 5.75 Å². The van der Waals surface area contributed by atoms with Crippen LogP contribution in [0.2, 0.25) is 0 Å². The number of nitrogens with zero attached hydrogens (tertiary/aromatic N) is 2. The molecule has 4 heterocycles. The van der Waals surface area contributed by atoms with Gasteiger partial charge in [0.2, 0.25) is 20.0 Å². The van der Waals surface area contributed by atoms with Gasteiger partial charge in [-0.05, 0) is 43.5 Å². The number of pyridine rings is 1. The normalized spacial score (nSPS) is 20.3. The summed E-state index contributed by atoms with van der Waals surface area (Å²) < 4.78 is 71.9. The first kappa shape index (κ1) is 30.8. The van der Waals surface area contributed by atoms with Crippen molar-refractivity contribution in [3.8, 4) is 5.75 Å². The van der Waals surface area contributed by atoms with Crippen LogP contribution in [0, 0.1) is 0 Å². The molecule has 230 valence electrons. The summed E-state index contributed by atoms with van der Waals surface area (Å²) in [7, 11) is -5.88. The SMILES string of the molecule is COCCNS(=O)(=O)c1cccc(OC[C@@H](O)CNC2COC3(CCN(S(=O)(=O)c4cnc5cc[nH]c5c4)CC3)C2)c1. The topological polar surface area (TPSA) is 172 Å². The molecule has 0 bridgehead atoms. The molecule has 0 radical (unpaired) electrons. The Balaban J connectivity index is 1.06. The summed E-state index contributed by atoms with van der Waals surface area (Å²) >= 11 is 0. The Morgan fingerprint density at radius 1 is 1.19 bits per heavy atom. The van der Waals surface area contributed by atoms with E-state index in [9.17, 15) is 21.9 Å². The van der Waals surface area contributed by atoms with Crippen molar-refractivity contribution in [2.45, 2.75) is 46.8 Å². The quantitative estimate of drug-likeness (QED) is 0.200. The van der Waals surface area contributed by atoms with Crippen LogP contribution in [0.1, 0.15) is 19.3 Å². The molecule has 42 heavy (non-hydrogen) atoms. The average Bonchev–Trinajstić information content (AvgIpc) is 3.62. The van der Waals surface area contributed by atoms with Gasteiger partial charge in [-0.3, -0.25) is 4.98 Å². The summed E-state index contributed by atoms with van der Waals surface area (Å²) in [4.78, 5) is 7.48. The Morgan fingerprint density at radius 2 is 2.00 bits per heavy atom. The lowest BCUT2D eigenvalue weighted by Crippen LogP contribution is -2.47. The summed E-state index contributed by atoms with van der Waals surface area (Å²) in [6.07, 6.45) is 4.16. The molecule has 0 aliphatic carbocycles. The zero-order chi connectivity index (χ0) is 29.8. The van der Waals surface area contributed by atoms with Crippen LogP contribution in [-0.4, -0.2) is 107 Å². The van der Waals surface area contributed by atoms with Crippen LogP contribution in [0.25, 0.3) is 11.0 Å². The van der Waals surface area contributed by atoms with Gasteiger partial charge < -0.3 is 29.6 Å². The highest BCUT2D eigenvalue weighted by atomic mass is 32.2. The second-order valence-corrected chi connectivity index (χ2v) is 14.3. The minimum atomic E-state index is -3.70. The summed E-state index contributed by atoms with van der Waals surface area (Å²) in [6, 6.07) is 9.50. The van der Waals surface area contributed by atoms with Gasteiger partial charge in [0, 0.05) is 57.8 Å². The molecule has 5 rings (SSSR count). The van der Waals surface area contributed by atoms with Crippen molar-refractivity contribution in [2.24, 2.45) is 0 Å². The number of nitrogens with one attached hydrogen (secondary N) is 3. The van der Waals surface area contributed by atoms with Gasteiger partial charge in [-0.15, -0.1) is 0 Å². The lowest BCUT2D eigenvalue weighted by Gasteiger charge is -2.38.